The van der Waals surface area contributed by atoms with Crippen LogP contribution in [0.15, 0.2) is 182 Å². The predicted molar refractivity (Wildman–Crippen MR) is 234 cm³/mol. The summed E-state index contributed by atoms with van der Waals surface area (Å²) in [7, 11) is 0. The summed E-state index contributed by atoms with van der Waals surface area (Å²) in [5.41, 5.74) is 14.1. The molecule has 4 nitrogen and oxygen atoms in total. The number of benzene rings is 9. The first-order chi connectivity index (χ1) is 27.8. The van der Waals surface area contributed by atoms with Gasteiger partial charge < -0.3 is 4.57 Å². The fraction of sp³-hybridized carbons (Fsp3) is 0. The average Bonchev–Trinajstić information content (AvgIpc) is 3.88. The van der Waals surface area contributed by atoms with Gasteiger partial charge >= 0.3 is 0 Å². The van der Waals surface area contributed by atoms with Gasteiger partial charge in [-0.05, 0) is 92.3 Å². The fourth-order valence-corrected chi connectivity index (χ4v) is 9.49. The van der Waals surface area contributed by atoms with Gasteiger partial charge in [0.25, 0.3) is 0 Å². The molecule has 0 unspecified atom stereocenters. The lowest BCUT2D eigenvalue weighted by Crippen LogP contribution is -1.95. The van der Waals surface area contributed by atoms with Crippen LogP contribution in [0.1, 0.15) is 0 Å². The fourth-order valence-electron chi connectivity index (χ4n) is 9.49. The molecule has 56 heavy (non-hydrogen) atoms. The Hall–Kier alpha value is -7.56. The quantitative estimate of drug-likeness (QED) is 0.183. The molecule has 0 spiro atoms. The minimum atomic E-state index is 0.886. The largest absolute Gasteiger partial charge is 0.309 e. The molecule has 0 saturated carbocycles. The highest BCUT2D eigenvalue weighted by atomic mass is 15.0. The number of hydrogen-bond donors (Lipinski definition) is 0. The molecule has 0 bridgehead atoms. The van der Waals surface area contributed by atoms with Crippen LogP contribution in [-0.2, 0) is 0 Å². The number of fused-ring (bicyclic) bond motifs is 13. The number of hydrogen-bond acceptors (Lipinski definition) is 2. The van der Waals surface area contributed by atoms with E-state index in [0.717, 1.165) is 44.3 Å². The Morgan fingerprint density at radius 2 is 1.04 bits per heavy atom. The van der Waals surface area contributed by atoms with Crippen molar-refractivity contribution < 1.29 is 0 Å². The Kier molecular flexibility index (Phi) is 5.86. The summed E-state index contributed by atoms with van der Waals surface area (Å²) in [4.78, 5) is 10.6. The zero-order valence-electron chi connectivity index (χ0n) is 30.1. The van der Waals surface area contributed by atoms with Gasteiger partial charge in [-0.15, -0.1) is 0 Å². The molecule has 0 saturated heterocycles. The summed E-state index contributed by atoms with van der Waals surface area (Å²) in [5, 5.41) is 10.9. The van der Waals surface area contributed by atoms with Gasteiger partial charge in [0.05, 0.1) is 33.1 Å². The smallest absolute Gasteiger partial charge is 0.165 e. The summed E-state index contributed by atoms with van der Waals surface area (Å²) in [6.45, 7) is 0. The van der Waals surface area contributed by atoms with E-state index in [1.807, 2.05) is 12.1 Å². The molecular weight excluding hydrogens is 681 g/mol. The minimum Gasteiger partial charge on any atom is -0.309 e. The summed E-state index contributed by atoms with van der Waals surface area (Å²) in [6.07, 6.45) is 0. The van der Waals surface area contributed by atoms with Crippen molar-refractivity contribution in [3.05, 3.63) is 182 Å². The first kappa shape index (κ1) is 29.8. The normalized spacial score (nSPS) is 12.3. The lowest BCUT2D eigenvalue weighted by Gasteiger charge is -2.13. The Morgan fingerprint density at radius 1 is 0.375 bits per heavy atom. The van der Waals surface area contributed by atoms with Gasteiger partial charge in [0, 0.05) is 32.6 Å². The second-order valence-electron chi connectivity index (χ2n) is 15.0. The maximum atomic E-state index is 5.34. The molecule has 4 aromatic heterocycles. The Balaban J connectivity index is 1.24. The van der Waals surface area contributed by atoms with Crippen molar-refractivity contribution in [2.24, 2.45) is 0 Å². The third kappa shape index (κ3) is 4.02. The van der Waals surface area contributed by atoms with Crippen molar-refractivity contribution in [3.63, 3.8) is 0 Å². The molecular formula is C52H30N4. The van der Waals surface area contributed by atoms with E-state index in [4.69, 9.17) is 9.97 Å². The molecule has 0 aliphatic heterocycles. The van der Waals surface area contributed by atoms with Crippen LogP contribution in [0.25, 0.3) is 121 Å². The van der Waals surface area contributed by atoms with Crippen molar-refractivity contribution in [2.45, 2.75) is 0 Å². The number of aromatic nitrogens is 4. The van der Waals surface area contributed by atoms with Crippen LogP contribution in [0.2, 0.25) is 0 Å². The van der Waals surface area contributed by atoms with Crippen LogP contribution in [0.3, 0.4) is 0 Å². The van der Waals surface area contributed by atoms with Gasteiger partial charge in [0.2, 0.25) is 0 Å². The van der Waals surface area contributed by atoms with E-state index < -0.39 is 0 Å². The Bertz CT molecular complexity index is 3620. The Morgan fingerprint density at radius 3 is 1.84 bits per heavy atom. The van der Waals surface area contributed by atoms with Gasteiger partial charge in [-0.3, -0.25) is 4.40 Å². The third-order valence-corrected chi connectivity index (χ3v) is 12.0. The van der Waals surface area contributed by atoms with Crippen LogP contribution in [0.5, 0.6) is 0 Å². The molecule has 9 aromatic carbocycles. The molecule has 0 radical (unpaired) electrons. The van der Waals surface area contributed by atoms with Crippen molar-refractivity contribution in [1.82, 2.24) is 18.9 Å². The van der Waals surface area contributed by atoms with Crippen LogP contribution >= 0.6 is 0 Å². The van der Waals surface area contributed by atoms with Crippen molar-refractivity contribution in [2.75, 3.05) is 0 Å². The predicted octanol–water partition coefficient (Wildman–Crippen LogP) is 13.5. The monoisotopic (exact) mass is 710 g/mol. The topological polar surface area (TPSA) is 35.1 Å². The van der Waals surface area contributed by atoms with E-state index in [0.29, 0.717) is 0 Å². The van der Waals surface area contributed by atoms with E-state index in [9.17, 15) is 0 Å². The van der Waals surface area contributed by atoms with E-state index >= 15 is 0 Å². The molecule has 0 aliphatic carbocycles. The highest BCUT2D eigenvalue weighted by Crippen LogP contribution is 2.45. The molecule has 0 atom stereocenters. The number of nitrogens with zero attached hydrogens (tertiary/aromatic N) is 4. The zero-order valence-corrected chi connectivity index (χ0v) is 30.1. The van der Waals surface area contributed by atoms with E-state index in [2.05, 4.69) is 179 Å². The van der Waals surface area contributed by atoms with Gasteiger partial charge in [-0.1, -0.05) is 133 Å². The van der Waals surface area contributed by atoms with Crippen LogP contribution in [0, 0.1) is 0 Å². The van der Waals surface area contributed by atoms with Crippen molar-refractivity contribution in [1.29, 1.82) is 0 Å². The summed E-state index contributed by atoms with van der Waals surface area (Å²) < 4.78 is 4.86. The summed E-state index contributed by atoms with van der Waals surface area (Å²) in [6, 6.07) is 66.1. The highest BCUT2D eigenvalue weighted by Gasteiger charge is 2.24. The molecule has 0 aliphatic rings. The molecule has 0 fully saturated rings. The second kappa shape index (κ2) is 11.0. The lowest BCUT2D eigenvalue weighted by atomic mass is 9.94. The van der Waals surface area contributed by atoms with Crippen LogP contribution in [-0.4, -0.2) is 18.9 Å². The number of para-hydroxylation sites is 2. The highest BCUT2D eigenvalue weighted by molar-refractivity contribution is 6.27. The molecule has 13 rings (SSSR count). The average molecular weight is 711 g/mol. The van der Waals surface area contributed by atoms with E-state index in [1.54, 1.807) is 0 Å². The van der Waals surface area contributed by atoms with Gasteiger partial charge in [0.15, 0.2) is 5.65 Å². The first-order valence-corrected chi connectivity index (χ1v) is 19.2. The molecule has 0 N–H and O–H groups in total. The first-order valence-electron chi connectivity index (χ1n) is 19.2. The number of rotatable bonds is 3. The minimum absolute atomic E-state index is 0.886. The maximum Gasteiger partial charge on any atom is 0.165 e. The van der Waals surface area contributed by atoms with Gasteiger partial charge in [0.1, 0.15) is 5.52 Å². The standard InChI is InChI=1S/C52H30N4/c1-3-13-31(14-4-1)35-23-24-39-46(27-35)55(48-30-40(32-15-5-2-6-16-32)37-19-9-10-20-38(37)49(39)48)36-28-42-41-25-33-17-7-8-18-34(33)26-47(41)56-51(42)43(29-36)50-52(56)54-45-22-12-11-21-44(45)53-50/h1-30H. The molecule has 4 heterocycles. The van der Waals surface area contributed by atoms with Crippen LogP contribution in [0.4, 0.5) is 0 Å². The second-order valence-corrected chi connectivity index (χ2v) is 15.0. The maximum absolute atomic E-state index is 5.34. The van der Waals surface area contributed by atoms with Gasteiger partial charge in [-0.25, -0.2) is 9.97 Å². The molecule has 258 valence electrons. The molecule has 4 heteroatoms. The zero-order chi connectivity index (χ0) is 36.5. The summed E-state index contributed by atoms with van der Waals surface area (Å²) >= 11 is 0. The SMILES string of the molecule is c1ccc(-c2ccc3c4c5ccccc5c(-c5ccccc5)cc4n(-c4cc5c6cc7ccccc7cc6n6c7nc8ccccc8nc7c(c4)c56)c3c2)cc1. The molecule has 0 amide bonds. The van der Waals surface area contributed by atoms with Crippen molar-refractivity contribution >= 4 is 92.7 Å². The third-order valence-electron chi connectivity index (χ3n) is 12.0. The van der Waals surface area contributed by atoms with E-state index in [-0.39, 0.29) is 0 Å². The van der Waals surface area contributed by atoms with E-state index in [1.165, 1.54) is 76.4 Å². The lowest BCUT2D eigenvalue weighted by molar-refractivity contribution is 1.19. The molecule has 13 aromatic rings. The van der Waals surface area contributed by atoms with Crippen molar-refractivity contribution in [3.8, 4) is 27.9 Å². The Labute approximate surface area is 320 Å². The summed E-state index contributed by atoms with van der Waals surface area (Å²) in [5.74, 6) is 0. The van der Waals surface area contributed by atoms with Gasteiger partial charge in [-0.2, -0.15) is 0 Å². The van der Waals surface area contributed by atoms with Crippen LogP contribution < -0.4 is 0 Å².